The van der Waals surface area contributed by atoms with E-state index in [1.807, 2.05) is 32.9 Å². The van der Waals surface area contributed by atoms with Crippen molar-refractivity contribution < 1.29 is 14.1 Å². The third-order valence-corrected chi connectivity index (χ3v) is 6.10. The maximum atomic E-state index is 12.6. The van der Waals surface area contributed by atoms with Gasteiger partial charge in [0.2, 0.25) is 0 Å². The number of hydrogen-bond donors (Lipinski definition) is 1. The highest BCUT2D eigenvalue weighted by Gasteiger charge is 2.46. The van der Waals surface area contributed by atoms with Crippen molar-refractivity contribution in [1.29, 1.82) is 0 Å². The highest BCUT2D eigenvalue weighted by molar-refractivity contribution is 9.10. The quantitative estimate of drug-likeness (QED) is 0.636. The summed E-state index contributed by atoms with van der Waals surface area (Å²) in [5.74, 6) is -0.297. The summed E-state index contributed by atoms with van der Waals surface area (Å²) in [7, 11) is 1.38. The number of rotatable bonds is 4. The van der Waals surface area contributed by atoms with Crippen molar-refractivity contribution >= 4 is 33.3 Å². The van der Waals surface area contributed by atoms with Crippen LogP contribution in [-0.4, -0.2) is 22.4 Å². The lowest BCUT2D eigenvalue weighted by molar-refractivity contribution is -0.142. The molecule has 1 aliphatic carbocycles. The molecule has 2 rings (SSSR count). The Balaban J connectivity index is 2.39. The number of halogens is 1. The van der Waals surface area contributed by atoms with Gasteiger partial charge >= 0.3 is 5.97 Å². The molecule has 0 aromatic heterocycles. The van der Waals surface area contributed by atoms with Gasteiger partial charge in [-0.2, -0.15) is 0 Å². The minimum absolute atomic E-state index is 0.181. The molecule has 0 unspecified atom stereocenters. The summed E-state index contributed by atoms with van der Waals surface area (Å²) in [6.45, 7) is 5.75. The Hall–Kier alpha value is -0.560. The first-order valence-corrected chi connectivity index (χ1v) is 9.18. The molecule has 0 radical (unpaired) electrons. The zero-order valence-electron chi connectivity index (χ0n) is 13.4. The smallest absolute Gasteiger partial charge is 0.307 e. The predicted octanol–water partition coefficient (Wildman–Crippen LogP) is 3.21. The van der Waals surface area contributed by atoms with Crippen molar-refractivity contribution in [2.75, 3.05) is 7.11 Å². The van der Waals surface area contributed by atoms with Crippen LogP contribution >= 0.6 is 15.9 Å². The Kier molecular flexibility index (Phi) is 5.27. The second kappa shape index (κ2) is 6.51. The van der Waals surface area contributed by atoms with Gasteiger partial charge in [-0.3, -0.25) is 4.79 Å². The van der Waals surface area contributed by atoms with Crippen LogP contribution in [0.4, 0.5) is 0 Å². The molecule has 1 aliphatic rings. The lowest BCUT2D eigenvalue weighted by Crippen LogP contribution is -2.51. The number of hydrogen-bond acceptors (Lipinski definition) is 4. The normalized spacial score (nSPS) is 22.3. The van der Waals surface area contributed by atoms with Gasteiger partial charge in [-0.25, -0.2) is 0 Å². The lowest BCUT2D eigenvalue weighted by Gasteiger charge is -2.34. The van der Waals surface area contributed by atoms with Crippen molar-refractivity contribution in [3.05, 3.63) is 33.8 Å². The third kappa shape index (κ3) is 3.67. The number of esters is 1. The van der Waals surface area contributed by atoms with Crippen molar-refractivity contribution in [3.63, 3.8) is 0 Å². The van der Waals surface area contributed by atoms with Crippen molar-refractivity contribution in [2.45, 2.75) is 50.3 Å². The maximum absolute atomic E-state index is 12.6. The molecule has 1 N–H and O–H groups in total. The second-order valence-corrected chi connectivity index (χ2v) is 9.50. The first kappa shape index (κ1) is 17.8. The van der Waals surface area contributed by atoms with E-state index in [1.54, 1.807) is 0 Å². The van der Waals surface area contributed by atoms with Crippen LogP contribution in [-0.2, 0) is 32.9 Å². The number of fused-ring (bicyclic) bond motifs is 1. The van der Waals surface area contributed by atoms with Gasteiger partial charge in [0.25, 0.3) is 0 Å². The summed E-state index contributed by atoms with van der Waals surface area (Å²) in [5, 5.41) is 0. The van der Waals surface area contributed by atoms with Gasteiger partial charge in [0.1, 0.15) is 4.75 Å². The first-order chi connectivity index (χ1) is 10.2. The van der Waals surface area contributed by atoms with Gasteiger partial charge in [0, 0.05) is 15.8 Å². The van der Waals surface area contributed by atoms with Crippen molar-refractivity contribution in [2.24, 2.45) is 0 Å². The highest BCUT2D eigenvalue weighted by Crippen LogP contribution is 2.42. The summed E-state index contributed by atoms with van der Waals surface area (Å²) in [6, 6.07) is 6.02. The standard InChI is InChI=1S/C16H22BrNO3S/c1-15(2,3)22(20)18-16(10-14(19)21-4)8-7-11-9-12(17)5-6-13(11)16/h5-6,9,18H,7-8,10H2,1-4H3/t16-,22+/m0/s1. The van der Waals surface area contributed by atoms with E-state index in [9.17, 15) is 9.35 Å². The van der Waals surface area contributed by atoms with E-state index in [-0.39, 0.29) is 12.4 Å². The number of aryl methyl sites for hydroxylation is 1. The van der Waals surface area contributed by atoms with E-state index in [2.05, 4.69) is 26.7 Å². The van der Waals surface area contributed by atoms with E-state index in [4.69, 9.17) is 4.74 Å². The van der Waals surface area contributed by atoms with Gasteiger partial charge in [-0.15, -0.1) is 4.72 Å². The van der Waals surface area contributed by atoms with Crippen LogP contribution in [0.1, 0.15) is 44.7 Å². The first-order valence-electron chi connectivity index (χ1n) is 7.23. The maximum Gasteiger partial charge on any atom is 0.307 e. The monoisotopic (exact) mass is 387 g/mol. The molecule has 0 saturated carbocycles. The number of methoxy groups -OCH3 is 1. The molecule has 0 aliphatic heterocycles. The number of carbonyl (C=O) groups is 1. The molecule has 122 valence electrons. The van der Waals surface area contributed by atoms with E-state index in [1.165, 1.54) is 12.7 Å². The number of nitrogens with one attached hydrogen (secondary N) is 1. The number of carbonyl (C=O) groups excluding carboxylic acids is 1. The second-order valence-electron chi connectivity index (χ2n) is 6.62. The van der Waals surface area contributed by atoms with Gasteiger partial charge < -0.3 is 9.29 Å². The molecule has 0 saturated heterocycles. The molecular formula is C16H22BrNO3S. The van der Waals surface area contributed by atoms with Crippen LogP contribution in [0.15, 0.2) is 22.7 Å². The van der Waals surface area contributed by atoms with Gasteiger partial charge in [-0.1, -0.05) is 22.0 Å². The summed E-state index contributed by atoms with van der Waals surface area (Å²) >= 11 is 2.21. The molecule has 0 heterocycles. The van der Waals surface area contributed by atoms with Crippen molar-refractivity contribution in [1.82, 2.24) is 4.72 Å². The molecule has 1 aromatic carbocycles. The molecule has 0 bridgehead atoms. The SMILES string of the molecule is COC(=O)C[C@@]1(N[S@+]([O-])C(C)(C)C)CCc2cc(Br)ccc21. The Morgan fingerprint density at radius 3 is 2.77 bits per heavy atom. The highest BCUT2D eigenvalue weighted by atomic mass is 79.9. The summed E-state index contributed by atoms with van der Waals surface area (Å²) in [6.07, 6.45) is 1.76. The third-order valence-electron chi connectivity index (χ3n) is 3.92. The summed E-state index contributed by atoms with van der Waals surface area (Å²) in [4.78, 5) is 11.9. The average Bonchev–Trinajstić information content (AvgIpc) is 2.75. The minimum atomic E-state index is -1.27. The largest absolute Gasteiger partial charge is 0.598 e. The molecule has 1 aromatic rings. The fourth-order valence-electron chi connectivity index (χ4n) is 2.69. The van der Waals surface area contributed by atoms with Gasteiger partial charge in [-0.05, 0) is 56.9 Å². The van der Waals surface area contributed by atoms with Crippen LogP contribution in [0.3, 0.4) is 0 Å². The zero-order valence-corrected chi connectivity index (χ0v) is 15.8. The van der Waals surface area contributed by atoms with Crippen LogP contribution < -0.4 is 4.72 Å². The van der Waals surface area contributed by atoms with Crippen LogP contribution in [0.5, 0.6) is 0 Å². The molecule has 0 spiro atoms. The fourth-order valence-corrected chi connectivity index (χ4v) is 4.05. The molecule has 2 atom stereocenters. The van der Waals surface area contributed by atoms with Gasteiger partial charge in [0.15, 0.2) is 0 Å². The lowest BCUT2D eigenvalue weighted by atomic mass is 9.89. The summed E-state index contributed by atoms with van der Waals surface area (Å²) in [5.41, 5.74) is 1.59. The molecule has 4 nitrogen and oxygen atoms in total. The minimum Gasteiger partial charge on any atom is -0.598 e. The molecule has 0 fully saturated rings. The molecule has 0 amide bonds. The van der Waals surface area contributed by atoms with Crippen LogP contribution in [0.25, 0.3) is 0 Å². The molecular weight excluding hydrogens is 366 g/mol. The predicted molar refractivity (Wildman–Crippen MR) is 91.8 cm³/mol. The Labute approximate surface area is 143 Å². The zero-order chi connectivity index (χ0) is 16.5. The number of ether oxygens (including phenoxy) is 1. The van der Waals surface area contributed by atoms with Gasteiger partial charge in [0.05, 0.1) is 19.1 Å². The summed E-state index contributed by atoms with van der Waals surface area (Å²) < 4.78 is 21.3. The van der Waals surface area contributed by atoms with Crippen LogP contribution in [0.2, 0.25) is 0 Å². The Morgan fingerprint density at radius 2 is 2.18 bits per heavy atom. The van der Waals surface area contributed by atoms with Crippen molar-refractivity contribution in [3.8, 4) is 0 Å². The van der Waals surface area contributed by atoms with E-state index in [0.717, 1.165) is 22.9 Å². The molecule has 6 heteroatoms. The number of benzene rings is 1. The Bertz CT molecular complexity index is 573. The Morgan fingerprint density at radius 1 is 1.50 bits per heavy atom. The van der Waals surface area contributed by atoms with Crippen LogP contribution in [0, 0.1) is 0 Å². The average molecular weight is 388 g/mol. The van der Waals surface area contributed by atoms with E-state index >= 15 is 0 Å². The van der Waals surface area contributed by atoms with E-state index < -0.39 is 21.6 Å². The topological polar surface area (TPSA) is 61.4 Å². The van der Waals surface area contributed by atoms with E-state index in [0.29, 0.717) is 0 Å². The fraction of sp³-hybridized carbons (Fsp3) is 0.562. The molecule has 22 heavy (non-hydrogen) atoms.